The van der Waals surface area contributed by atoms with E-state index >= 15 is 0 Å². The van der Waals surface area contributed by atoms with Crippen LogP contribution < -0.4 is 4.90 Å². The lowest BCUT2D eigenvalue weighted by Gasteiger charge is -2.23. The fourth-order valence-corrected chi connectivity index (χ4v) is 2.39. The van der Waals surface area contributed by atoms with E-state index in [0.29, 0.717) is 18.8 Å². The van der Waals surface area contributed by atoms with Gasteiger partial charge in [-0.3, -0.25) is 9.69 Å². The quantitative estimate of drug-likeness (QED) is 0.785. The predicted molar refractivity (Wildman–Crippen MR) is 73.1 cm³/mol. The molecule has 1 aromatic carbocycles. The molecule has 0 N–H and O–H groups in total. The van der Waals surface area contributed by atoms with E-state index in [9.17, 15) is 9.59 Å². The van der Waals surface area contributed by atoms with E-state index in [1.807, 2.05) is 24.3 Å². The summed E-state index contributed by atoms with van der Waals surface area (Å²) in [5, 5.41) is 0. The summed E-state index contributed by atoms with van der Waals surface area (Å²) in [6.45, 7) is 4.24. The standard InChI is InChI=1S/C15H19NO3/c1-10(2)11-4-6-12(7-5-11)16-13(15(18)19-3)8-9-14(16)17/h4-7,10,13H,8-9H2,1-3H3. The summed E-state index contributed by atoms with van der Waals surface area (Å²) in [4.78, 5) is 25.2. The molecule has 1 fully saturated rings. The number of anilines is 1. The van der Waals surface area contributed by atoms with Crippen LogP contribution in [0.15, 0.2) is 24.3 Å². The average Bonchev–Trinajstić information content (AvgIpc) is 2.80. The first kappa shape index (κ1) is 13.6. The number of esters is 1. The lowest BCUT2D eigenvalue weighted by Crippen LogP contribution is -2.39. The van der Waals surface area contributed by atoms with Crippen LogP contribution in [0.1, 0.15) is 38.2 Å². The fraction of sp³-hybridized carbons (Fsp3) is 0.467. The molecule has 1 amide bonds. The molecule has 19 heavy (non-hydrogen) atoms. The molecule has 1 saturated heterocycles. The van der Waals surface area contributed by atoms with Gasteiger partial charge in [0.05, 0.1) is 7.11 Å². The monoisotopic (exact) mass is 261 g/mol. The Morgan fingerprint density at radius 1 is 1.32 bits per heavy atom. The van der Waals surface area contributed by atoms with Crippen LogP contribution in [0.3, 0.4) is 0 Å². The second kappa shape index (κ2) is 5.43. The average molecular weight is 261 g/mol. The number of methoxy groups -OCH3 is 1. The van der Waals surface area contributed by atoms with Gasteiger partial charge in [-0.1, -0.05) is 26.0 Å². The van der Waals surface area contributed by atoms with E-state index in [2.05, 4.69) is 13.8 Å². The van der Waals surface area contributed by atoms with Gasteiger partial charge >= 0.3 is 5.97 Å². The van der Waals surface area contributed by atoms with Crippen LogP contribution >= 0.6 is 0 Å². The second-order valence-electron chi connectivity index (χ2n) is 5.09. The summed E-state index contributed by atoms with van der Waals surface area (Å²) < 4.78 is 4.76. The molecular formula is C15H19NO3. The van der Waals surface area contributed by atoms with Crippen molar-refractivity contribution in [1.82, 2.24) is 0 Å². The minimum atomic E-state index is -0.484. The van der Waals surface area contributed by atoms with Crippen molar-refractivity contribution in [1.29, 1.82) is 0 Å². The smallest absolute Gasteiger partial charge is 0.328 e. The summed E-state index contributed by atoms with van der Waals surface area (Å²) in [5.41, 5.74) is 1.98. The molecule has 102 valence electrons. The largest absolute Gasteiger partial charge is 0.467 e. The Labute approximate surface area is 113 Å². The van der Waals surface area contributed by atoms with Gasteiger partial charge in [-0.15, -0.1) is 0 Å². The zero-order chi connectivity index (χ0) is 14.0. The molecule has 0 spiro atoms. The third-order valence-corrected chi connectivity index (χ3v) is 3.52. The minimum Gasteiger partial charge on any atom is -0.467 e. The van der Waals surface area contributed by atoms with Gasteiger partial charge in [0.2, 0.25) is 5.91 Å². The highest BCUT2D eigenvalue weighted by Gasteiger charge is 2.37. The first-order valence-corrected chi connectivity index (χ1v) is 6.54. The topological polar surface area (TPSA) is 46.6 Å². The molecule has 2 rings (SSSR count). The van der Waals surface area contributed by atoms with Crippen molar-refractivity contribution in [2.24, 2.45) is 0 Å². The molecule has 1 aliphatic heterocycles. The molecule has 4 heteroatoms. The van der Waals surface area contributed by atoms with Gasteiger partial charge in [0.1, 0.15) is 6.04 Å². The second-order valence-corrected chi connectivity index (χ2v) is 5.09. The zero-order valence-corrected chi connectivity index (χ0v) is 11.6. The van der Waals surface area contributed by atoms with Crippen LogP contribution in [-0.4, -0.2) is 25.0 Å². The highest BCUT2D eigenvalue weighted by atomic mass is 16.5. The number of ether oxygens (including phenoxy) is 1. The van der Waals surface area contributed by atoms with E-state index in [1.165, 1.54) is 12.7 Å². The molecule has 1 heterocycles. The van der Waals surface area contributed by atoms with Gasteiger partial charge < -0.3 is 4.74 Å². The number of benzene rings is 1. The predicted octanol–water partition coefficient (Wildman–Crippen LogP) is 2.48. The first-order chi connectivity index (χ1) is 9.04. The van der Waals surface area contributed by atoms with Crippen molar-refractivity contribution in [3.05, 3.63) is 29.8 Å². The van der Waals surface area contributed by atoms with E-state index in [4.69, 9.17) is 4.74 Å². The van der Waals surface area contributed by atoms with Crippen molar-refractivity contribution in [3.8, 4) is 0 Å². The molecule has 1 aliphatic rings. The van der Waals surface area contributed by atoms with E-state index in [-0.39, 0.29) is 11.9 Å². The van der Waals surface area contributed by atoms with E-state index in [1.54, 1.807) is 4.90 Å². The third kappa shape index (κ3) is 2.62. The van der Waals surface area contributed by atoms with Crippen molar-refractivity contribution < 1.29 is 14.3 Å². The highest BCUT2D eigenvalue weighted by Crippen LogP contribution is 2.28. The van der Waals surface area contributed by atoms with Gasteiger partial charge in [0.15, 0.2) is 0 Å². The van der Waals surface area contributed by atoms with Gasteiger partial charge in [0.25, 0.3) is 0 Å². The Hall–Kier alpha value is -1.84. The summed E-state index contributed by atoms with van der Waals surface area (Å²) in [5.74, 6) is 0.0752. The van der Waals surface area contributed by atoms with Crippen LogP contribution in [0.25, 0.3) is 0 Å². The number of carbonyl (C=O) groups excluding carboxylic acids is 2. The Balaban J connectivity index is 2.27. The van der Waals surface area contributed by atoms with Crippen molar-refractivity contribution >= 4 is 17.6 Å². The minimum absolute atomic E-state index is 0.0207. The van der Waals surface area contributed by atoms with Crippen molar-refractivity contribution in [2.75, 3.05) is 12.0 Å². The van der Waals surface area contributed by atoms with Gasteiger partial charge in [-0.05, 0) is 30.0 Å². The molecule has 0 aliphatic carbocycles. The van der Waals surface area contributed by atoms with E-state index < -0.39 is 6.04 Å². The van der Waals surface area contributed by atoms with Crippen molar-refractivity contribution in [3.63, 3.8) is 0 Å². The lowest BCUT2D eigenvalue weighted by molar-refractivity contribution is -0.142. The number of hydrogen-bond donors (Lipinski definition) is 0. The number of nitrogens with zero attached hydrogens (tertiary/aromatic N) is 1. The molecule has 1 aromatic rings. The Kier molecular flexibility index (Phi) is 3.88. The summed E-state index contributed by atoms with van der Waals surface area (Å²) in [6, 6.07) is 7.31. The molecule has 0 saturated carbocycles. The lowest BCUT2D eigenvalue weighted by atomic mass is 10.0. The van der Waals surface area contributed by atoms with Crippen LogP contribution in [0.4, 0.5) is 5.69 Å². The van der Waals surface area contributed by atoms with E-state index in [0.717, 1.165) is 5.69 Å². The maximum Gasteiger partial charge on any atom is 0.328 e. The summed E-state index contributed by atoms with van der Waals surface area (Å²) in [6.07, 6.45) is 0.920. The summed E-state index contributed by atoms with van der Waals surface area (Å²) in [7, 11) is 1.35. The Bertz CT molecular complexity index is 479. The molecule has 0 bridgehead atoms. The Morgan fingerprint density at radius 3 is 2.47 bits per heavy atom. The van der Waals surface area contributed by atoms with Gasteiger partial charge in [-0.2, -0.15) is 0 Å². The fourth-order valence-electron chi connectivity index (χ4n) is 2.39. The maximum absolute atomic E-state index is 11.9. The molecule has 4 nitrogen and oxygen atoms in total. The summed E-state index contributed by atoms with van der Waals surface area (Å²) >= 11 is 0. The van der Waals surface area contributed by atoms with Crippen LogP contribution in [-0.2, 0) is 14.3 Å². The van der Waals surface area contributed by atoms with Crippen LogP contribution in [0, 0.1) is 0 Å². The SMILES string of the molecule is COC(=O)C1CCC(=O)N1c1ccc(C(C)C)cc1. The molecular weight excluding hydrogens is 242 g/mol. The van der Waals surface area contributed by atoms with Crippen LogP contribution in [0.2, 0.25) is 0 Å². The zero-order valence-electron chi connectivity index (χ0n) is 11.6. The highest BCUT2D eigenvalue weighted by molar-refractivity contribution is 6.02. The number of carbonyl (C=O) groups is 2. The molecule has 0 radical (unpaired) electrons. The third-order valence-electron chi connectivity index (χ3n) is 3.52. The maximum atomic E-state index is 11.9. The number of amides is 1. The molecule has 0 aromatic heterocycles. The molecule has 1 unspecified atom stereocenters. The van der Waals surface area contributed by atoms with Gasteiger partial charge in [0, 0.05) is 12.1 Å². The normalized spacial score (nSPS) is 19.1. The Morgan fingerprint density at radius 2 is 1.95 bits per heavy atom. The van der Waals surface area contributed by atoms with Crippen LogP contribution in [0.5, 0.6) is 0 Å². The van der Waals surface area contributed by atoms with Crippen molar-refractivity contribution in [2.45, 2.75) is 38.6 Å². The van der Waals surface area contributed by atoms with Gasteiger partial charge in [-0.25, -0.2) is 4.79 Å². The molecule has 1 atom stereocenters. The number of hydrogen-bond acceptors (Lipinski definition) is 3. The first-order valence-electron chi connectivity index (χ1n) is 6.54. The number of rotatable bonds is 3.